The molecule has 0 saturated heterocycles. The van der Waals surface area contributed by atoms with Gasteiger partial charge >= 0.3 is 0 Å². The van der Waals surface area contributed by atoms with Crippen LogP contribution in [0.3, 0.4) is 0 Å². The van der Waals surface area contributed by atoms with Crippen molar-refractivity contribution in [1.29, 1.82) is 0 Å². The molecule has 0 aliphatic carbocycles. The second kappa shape index (κ2) is 5.20. The maximum atomic E-state index is 11.6. The Morgan fingerprint density at radius 2 is 1.61 bits per heavy atom. The summed E-state index contributed by atoms with van der Waals surface area (Å²) in [6.07, 6.45) is 0. The minimum Gasteiger partial charge on any atom is -0.457 e. The van der Waals surface area contributed by atoms with Gasteiger partial charge in [-0.25, -0.2) is 13.1 Å². The largest absolute Gasteiger partial charge is 0.457 e. The van der Waals surface area contributed by atoms with Crippen molar-refractivity contribution < 1.29 is 13.2 Å². The smallest absolute Gasteiger partial charge is 0.240 e. The minimum absolute atomic E-state index is 0.179. The van der Waals surface area contributed by atoms with Gasteiger partial charge in [-0.2, -0.15) is 0 Å². The van der Waals surface area contributed by atoms with E-state index in [4.69, 9.17) is 4.74 Å². The molecule has 0 aliphatic rings. The Bertz CT molecular complexity index is 624. The number of nitrogens with one attached hydrogen (secondary N) is 1. The summed E-state index contributed by atoms with van der Waals surface area (Å²) >= 11 is 0. The van der Waals surface area contributed by atoms with Gasteiger partial charge in [0.05, 0.1) is 4.90 Å². The molecular formula is C13H13NO3S. The SMILES string of the molecule is CNS(=O)(=O)c1cccc(Oc2ccccc2)c1. The first-order chi connectivity index (χ1) is 8.62. The molecule has 0 saturated carbocycles. The van der Waals surface area contributed by atoms with Crippen molar-refractivity contribution in [3.63, 3.8) is 0 Å². The number of benzene rings is 2. The third kappa shape index (κ3) is 2.88. The number of hydrogen-bond donors (Lipinski definition) is 1. The number of ether oxygens (including phenoxy) is 1. The Hall–Kier alpha value is -1.85. The van der Waals surface area contributed by atoms with Gasteiger partial charge in [0.2, 0.25) is 10.0 Å². The zero-order valence-electron chi connectivity index (χ0n) is 9.83. The summed E-state index contributed by atoms with van der Waals surface area (Å²) in [5.41, 5.74) is 0. The van der Waals surface area contributed by atoms with Crippen LogP contribution >= 0.6 is 0 Å². The van der Waals surface area contributed by atoms with Gasteiger partial charge in [0.15, 0.2) is 0 Å². The second-order valence-corrected chi connectivity index (χ2v) is 5.48. The van der Waals surface area contributed by atoms with Crippen LogP contribution in [0.15, 0.2) is 59.5 Å². The van der Waals surface area contributed by atoms with Gasteiger partial charge in [-0.1, -0.05) is 24.3 Å². The van der Waals surface area contributed by atoms with Crippen LogP contribution in [0.4, 0.5) is 0 Å². The topological polar surface area (TPSA) is 55.4 Å². The molecule has 1 N–H and O–H groups in total. The van der Waals surface area contributed by atoms with Crippen molar-refractivity contribution in [2.45, 2.75) is 4.90 Å². The van der Waals surface area contributed by atoms with E-state index in [1.807, 2.05) is 18.2 Å². The van der Waals surface area contributed by atoms with E-state index < -0.39 is 10.0 Å². The quantitative estimate of drug-likeness (QED) is 0.921. The van der Waals surface area contributed by atoms with Gasteiger partial charge in [-0.3, -0.25) is 0 Å². The Labute approximate surface area is 106 Å². The van der Waals surface area contributed by atoms with E-state index in [2.05, 4.69) is 4.72 Å². The first-order valence-corrected chi connectivity index (χ1v) is 6.87. The first-order valence-electron chi connectivity index (χ1n) is 5.38. The molecule has 2 aromatic rings. The van der Waals surface area contributed by atoms with E-state index in [9.17, 15) is 8.42 Å². The zero-order chi connectivity index (χ0) is 13.0. The van der Waals surface area contributed by atoms with Crippen molar-refractivity contribution in [3.05, 3.63) is 54.6 Å². The number of rotatable bonds is 4. The molecule has 0 aliphatic heterocycles. The summed E-state index contributed by atoms with van der Waals surface area (Å²) < 4.78 is 31.1. The number of hydrogen-bond acceptors (Lipinski definition) is 3. The van der Waals surface area contributed by atoms with Gasteiger partial charge < -0.3 is 4.74 Å². The van der Waals surface area contributed by atoms with E-state index in [1.165, 1.54) is 19.2 Å². The number of sulfonamides is 1. The molecule has 0 fully saturated rings. The molecule has 18 heavy (non-hydrogen) atoms. The molecule has 2 rings (SSSR count). The highest BCUT2D eigenvalue weighted by molar-refractivity contribution is 7.89. The van der Waals surface area contributed by atoms with Gasteiger partial charge in [-0.05, 0) is 31.3 Å². The fourth-order valence-electron chi connectivity index (χ4n) is 1.45. The monoisotopic (exact) mass is 263 g/mol. The maximum Gasteiger partial charge on any atom is 0.240 e. The van der Waals surface area contributed by atoms with Crippen molar-refractivity contribution in [1.82, 2.24) is 4.72 Å². The molecule has 0 atom stereocenters. The Kier molecular flexibility index (Phi) is 3.64. The molecule has 0 aromatic heterocycles. The van der Waals surface area contributed by atoms with Crippen LogP contribution in [0.25, 0.3) is 0 Å². The lowest BCUT2D eigenvalue weighted by Crippen LogP contribution is -2.18. The van der Waals surface area contributed by atoms with Crippen molar-refractivity contribution in [3.8, 4) is 11.5 Å². The standard InChI is InChI=1S/C13H13NO3S/c1-14-18(15,16)13-9-5-8-12(10-13)17-11-6-3-2-4-7-11/h2-10,14H,1H3. The van der Waals surface area contributed by atoms with Crippen LogP contribution in [0.5, 0.6) is 11.5 Å². The van der Waals surface area contributed by atoms with Crippen molar-refractivity contribution >= 4 is 10.0 Å². The van der Waals surface area contributed by atoms with E-state index in [0.717, 1.165) is 0 Å². The molecule has 0 amide bonds. The van der Waals surface area contributed by atoms with Crippen LogP contribution in [0.1, 0.15) is 0 Å². The van der Waals surface area contributed by atoms with Crippen LogP contribution < -0.4 is 9.46 Å². The highest BCUT2D eigenvalue weighted by Gasteiger charge is 2.11. The third-order valence-corrected chi connectivity index (χ3v) is 3.78. The molecule has 0 bridgehead atoms. The van der Waals surface area contributed by atoms with Crippen molar-refractivity contribution in [2.24, 2.45) is 0 Å². The summed E-state index contributed by atoms with van der Waals surface area (Å²) in [7, 11) is -2.07. The lowest BCUT2D eigenvalue weighted by molar-refractivity contribution is 0.480. The van der Waals surface area contributed by atoms with Gasteiger partial charge in [0.1, 0.15) is 11.5 Å². The second-order valence-electron chi connectivity index (χ2n) is 3.60. The third-order valence-electron chi connectivity index (χ3n) is 2.36. The first kappa shape index (κ1) is 12.6. The zero-order valence-corrected chi connectivity index (χ0v) is 10.6. The highest BCUT2D eigenvalue weighted by atomic mass is 32.2. The normalized spacial score (nSPS) is 11.2. The van der Waals surface area contributed by atoms with Crippen LogP contribution in [0, 0.1) is 0 Å². The Morgan fingerprint density at radius 1 is 0.944 bits per heavy atom. The average molecular weight is 263 g/mol. The maximum absolute atomic E-state index is 11.6. The summed E-state index contributed by atoms with van der Waals surface area (Å²) in [6.45, 7) is 0. The lowest BCUT2D eigenvalue weighted by Gasteiger charge is -2.07. The molecule has 4 nitrogen and oxygen atoms in total. The van der Waals surface area contributed by atoms with Crippen LogP contribution in [-0.2, 0) is 10.0 Å². The predicted molar refractivity (Wildman–Crippen MR) is 69.2 cm³/mol. The molecular weight excluding hydrogens is 250 g/mol. The minimum atomic E-state index is -3.44. The van der Waals surface area contributed by atoms with E-state index >= 15 is 0 Å². The molecule has 5 heteroatoms. The molecule has 0 radical (unpaired) electrons. The molecule has 0 heterocycles. The van der Waals surface area contributed by atoms with Gasteiger partial charge in [0.25, 0.3) is 0 Å². The molecule has 0 unspecified atom stereocenters. The molecule has 2 aromatic carbocycles. The fourth-order valence-corrected chi connectivity index (χ4v) is 2.21. The summed E-state index contributed by atoms with van der Waals surface area (Å²) in [5, 5.41) is 0. The van der Waals surface area contributed by atoms with Crippen LogP contribution in [-0.4, -0.2) is 15.5 Å². The summed E-state index contributed by atoms with van der Waals surface area (Å²) in [5.74, 6) is 1.15. The van der Waals surface area contributed by atoms with E-state index in [1.54, 1.807) is 24.3 Å². The fraction of sp³-hybridized carbons (Fsp3) is 0.0769. The van der Waals surface area contributed by atoms with E-state index in [-0.39, 0.29) is 4.90 Å². The van der Waals surface area contributed by atoms with Crippen molar-refractivity contribution in [2.75, 3.05) is 7.05 Å². The number of para-hydroxylation sites is 1. The Morgan fingerprint density at radius 3 is 2.28 bits per heavy atom. The molecule has 94 valence electrons. The van der Waals surface area contributed by atoms with Crippen LogP contribution in [0.2, 0.25) is 0 Å². The average Bonchev–Trinajstić information content (AvgIpc) is 2.40. The van der Waals surface area contributed by atoms with Gasteiger partial charge in [-0.15, -0.1) is 0 Å². The predicted octanol–water partition coefficient (Wildman–Crippen LogP) is 2.39. The summed E-state index contributed by atoms with van der Waals surface area (Å²) in [4.78, 5) is 0.179. The Balaban J connectivity index is 2.29. The molecule has 0 spiro atoms. The van der Waals surface area contributed by atoms with E-state index in [0.29, 0.717) is 11.5 Å². The van der Waals surface area contributed by atoms with Gasteiger partial charge in [0, 0.05) is 6.07 Å². The highest BCUT2D eigenvalue weighted by Crippen LogP contribution is 2.23. The summed E-state index contributed by atoms with van der Waals surface area (Å²) in [6, 6.07) is 15.5. The lowest BCUT2D eigenvalue weighted by atomic mass is 10.3.